The van der Waals surface area contributed by atoms with Crippen molar-refractivity contribution in [3.63, 3.8) is 0 Å². The third-order valence-electron chi connectivity index (χ3n) is 3.33. The van der Waals surface area contributed by atoms with Crippen LogP contribution in [0, 0.1) is 11.3 Å². The average molecular weight is 295 g/mol. The van der Waals surface area contributed by atoms with Crippen molar-refractivity contribution in [2.45, 2.75) is 32.1 Å². The molecule has 0 saturated carbocycles. The standard InChI is InChI=1S/C15H19ClN2O2/c1-15(2)10-18(8-13(9-19)20-15)7-12-4-3-11(6-17)5-14(12)16/h3-5,13,19H,7-10H2,1-2H3. The van der Waals surface area contributed by atoms with Crippen molar-refractivity contribution in [2.24, 2.45) is 0 Å². The third-order valence-corrected chi connectivity index (χ3v) is 3.68. The first-order chi connectivity index (χ1) is 9.43. The number of benzene rings is 1. The van der Waals surface area contributed by atoms with Crippen LogP contribution in [0.3, 0.4) is 0 Å². The van der Waals surface area contributed by atoms with E-state index >= 15 is 0 Å². The van der Waals surface area contributed by atoms with Crippen LogP contribution in [0.4, 0.5) is 0 Å². The highest BCUT2D eigenvalue weighted by molar-refractivity contribution is 6.31. The van der Waals surface area contributed by atoms with Gasteiger partial charge in [0.15, 0.2) is 0 Å². The van der Waals surface area contributed by atoms with Crippen molar-refractivity contribution < 1.29 is 9.84 Å². The third kappa shape index (κ3) is 3.71. The lowest BCUT2D eigenvalue weighted by Crippen LogP contribution is -2.53. The number of nitrogens with zero attached hydrogens (tertiary/aromatic N) is 2. The molecular formula is C15H19ClN2O2. The van der Waals surface area contributed by atoms with Crippen molar-refractivity contribution in [3.8, 4) is 6.07 Å². The first-order valence-corrected chi connectivity index (χ1v) is 7.01. The average Bonchev–Trinajstić information content (AvgIpc) is 2.39. The highest BCUT2D eigenvalue weighted by Gasteiger charge is 2.33. The Bertz CT molecular complexity index is 525. The first kappa shape index (κ1) is 15.3. The second kappa shape index (κ2) is 6.11. The number of rotatable bonds is 3. The maximum absolute atomic E-state index is 9.32. The van der Waals surface area contributed by atoms with E-state index in [2.05, 4.69) is 11.0 Å². The number of halogens is 1. The summed E-state index contributed by atoms with van der Waals surface area (Å²) in [6, 6.07) is 7.42. The Morgan fingerprint density at radius 1 is 1.55 bits per heavy atom. The van der Waals surface area contributed by atoms with Crippen LogP contribution < -0.4 is 0 Å². The second-order valence-corrected chi connectivity index (χ2v) is 6.18. The molecule has 0 aromatic heterocycles. The minimum absolute atomic E-state index is 0.0149. The molecule has 1 saturated heterocycles. The molecule has 1 fully saturated rings. The van der Waals surface area contributed by atoms with Crippen LogP contribution in [0.15, 0.2) is 18.2 Å². The minimum atomic E-state index is -0.287. The van der Waals surface area contributed by atoms with E-state index in [1.54, 1.807) is 12.1 Å². The van der Waals surface area contributed by atoms with Gasteiger partial charge in [-0.25, -0.2) is 0 Å². The molecule has 1 unspecified atom stereocenters. The predicted molar refractivity (Wildman–Crippen MR) is 77.5 cm³/mol. The summed E-state index contributed by atoms with van der Waals surface area (Å²) in [7, 11) is 0. The molecule has 1 atom stereocenters. The van der Waals surface area contributed by atoms with E-state index in [0.717, 1.165) is 12.1 Å². The molecule has 1 heterocycles. The van der Waals surface area contributed by atoms with E-state index in [-0.39, 0.29) is 18.3 Å². The Labute approximate surface area is 124 Å². The van der Waals surface area contributed by atoms with Crippen LogP contribution in [-0.2, 0) is 11.3 Å². The monoisotopic (exact) mass is 294 g/mol. The highest BCUT2D eigenvalue weighted by atomic mass is 35.5. The number of aliphatic hydroxyl groups is 1. The van der Waals surface area contributed by atoms with E-state index in [1.165, 1.54) is 0 Å². The molecule has 0 bridgehead atoms. The van der Waals surface area contributed by atoms with E-state index < -0.39 is 0 Å². The summed E-state index contributed by atoms with van der Waals surface area (Å²) in [5, 5.41) is 18.8. The molecule has 5 heteroatoms. The van der Waals surface area contributed by atoms with Gasteiger partial charge in [-0.1, -0.05) is 17.7 Å². The summed E-state index contributed by atoms with van der Waals surface area (Å²) >= 11 is 6.21. The number of hydrogen-bond acceptors (Lipinski definition) is 4. The van der Waals surface area contributed by atoms with Gasteiger partial charge in [-0.3, -0.25) is 4.90 Å². The van der Waals surface area contributed by atoms with Gasteiger partial charge < -0.3 is 9.84 Å². The van der Waals surface area contributed by atoms with E-state index in [9.17, 15) is 5.11 Å². The number of nitriles is 1. The van der Waals surface area contributed by atoms with Gasteiger partial charge in [0.25, 0.3) is 0 Å². The van der Waals surface area contributed by atoms with Gasteiger partial charge in [-0.05, 0) is 31.5 Å². The van der Waals surface area contributed by atoms with Crippen LogP contribution in [0.1, 0.15) is 25.0 Å². The maximum Gasteiger partial charge on any atom is 0.0992 e. The van der Waals surface area contributed by atoms with Crippen LogP contribution in [0.2, 0.25) is 5.02 Å². The molecule has 1 aromatic rings. The number of hydrogen-bond donors (Lipinski definition) is 1. The Morgan fingerprint density at radius 3 is 2.90 bits per heavy atom. The zero-order chi connectivity index (χ0) is 14.8. The molecule has 1 aromatic carbocycles. The van der Waals surface area contributed by atoms with Crippen LogP contribution in [0.5, 0.6) is 0 Å². The van der Waals surface area contributed by atoms with E-state index in [1.807, 2.05) is 19.9 Å². The highest BCUT2D eigenvalue weighted by Crippen LogP contribution is 2.25. The van der Waals surface area contributed by atoms with Crippen molar-refractivity contribution in [1.82, 2.24) is 4.90 Å². The predicted octanol–water partition coefficient (Wildman–Crippen LogP) is 2.18. The summed E-state index contributed by atoms with van der Waals surface area (Å²) < 4.78 is 5.79. The summed E-state index contributed by atoms with van der Waals surface area (Å²) in [6.45, 7) is 6.19. The Kier molecular flexibility index (Phi) is 4.66. The molecule has 0 radical (unpaired) electrons. The van der Waals surface area contributed by atoms with Crippen molar-refractivity contribution in [3.05, 3.63) is 34.3 Å². The van der Waals surface area contributed by atoms with Gasteiger partial charge in [-0.2, -0.15) is 5.26 Å². The largest absolute Gasteiger partial charge is 0.394 e. The quantitative estimate of drug-likeness (QED) is 0.928. The molecule has 1 aliphatic rings. The lowest BCUT2D eigenvalue weighted by atomic mass is 10.0. The van der Waals surface area contributed by atoms with Crippen molar-refractivity contribution in [1.29, 1.82) is 5.26 Å². The normalized spacial score (nSPS) is 22.4. The Morgan fingerprint density at radius 2 is 2.30 bits per heavy atom. The summed E-state index contributed by atoms with van der Waals surface area (Å²) in [5.74, 6) is 0. The molecule has 0 spiro atoms. The lowest BCUT2D eigenvalue weighted by molar-refractivity contribution is -0.150. The zero-order valence-electron chi connectivity index (χ0n) is 11.8. The zero-order valence-corrected chi connectivity index (χ0v) is 12.5. The fourth-order valence-corrected chi connectivity index (χ4v) is 2.86. The molecule has 0 aliphatic carbocycles. The van der Waals surface area contributed by atoms with Crippen LogP contribution >= 0.6 is 11.6 Å². The molecule has 0 amide bonds. The van der Waals surface area contributed by atoms with Gasteiger partial charge in [0, 0.05) is 24.7 Å². The van der Waals surface area contributed by atoms with Crippen molar-refractivity contribution in [2.75, 3.05) is 19.7 Å². The van der Waals surface area contributed by atoms with E-state index in [4.69, 9.17) is 21.6 Å². The lowest BCUT2D eigenvalue weighted by Gasteiger charge is -2.42. The molecular weight excluding hydrogens is 276 g/mol. The van der Waals surface area contributed by atoms with Crippen molar-refractivity contribution >= 4 is 11.6 Å². The van der Waals surface area contributed by atoms with Gasteiger partial charge >= 0.3 is 0 Å². The van der Waals surface area contributed by atoms with E-state index in [0.29, 0.717) is 23.7 Å². The molecule has 108 valence electrons. The summed E-state index contributed by atoms with van der Waals surface area (Å²) in [6.07, 6.45) is -0.170. The SMILES string of the molecule is CC1(C)CN(Cc2ccc(C#N)cc2Cl)CC(CO)O1. The fourth-order valence-electron chi connectivity index (χ4n) is 2.62. The second-order valence-electron chi connectivity index (χ2n) is 5.77. The Hall–Kier alpha value is -1.12. The number of ether oxygens (including phenoxy) is 1. The molecule has 4 nitrogen and oxygen atoms in total. The molecule has 1 aliphatic heterocycles. The smallest absolute Gasteiger partial charge is 0.0992 e. The number of aliphatic hydroxyl groups excluding tert-OH is 1. The topological polar surface area (TPSA) is 56.5 Å². The minimum Gasteiger partial charge on any atom is -0.394 e. The van der Waals surface area contributed by atoms with Gasteiger partial charge in [0.2, 0.25) is 0 Å². The summed E-state index contributed by atoms with van der Waals surface area (Å²) in [4.78, 5) is 2.22. The summed E-state index contributed by atoms with van der Waals surface area (Å²) in [5.41, 5.74) is 1.26. The van der Waals surface area contributed by atoms with Gasteiger partial charge in [0.05, 0.1) is 29.9 Å². The Balaban J connectivity index is 2.11. The fraction of sp³-hybridized carbons (Fsp3) is 0.533. The van der Waals surface area contributed by atoms with Gasteiger partial charge in [-0.15, -0.1) is 0 Å². The molecule has 2 rings (SSSR count). The number of morpholine rings is 1. The van der Waals surface area contributed by atoms with Crippen LogP contribution in [-0.4, -0.2) is 41.4 Å². The van der Waals surface area contributed by atoms with Crippen LogP contribution in [0.25, 0.3) is 0 Å². The van der Waals surface area contributed by atoms with Gasteiger partial charge in [0.1, 0.15) is 0 Å². The molecule has 20 heavy (non-hydrogen) atoms. The molecule has 1 N–H and O–H groups in total. The maximum atomic E-state index is 9.32. The first-order valence-electron chi connectivity index (χ1n) is 6.63.